The molecule has 1 aliphatic rings. The topological polar surface area (TPSA) is 40.5 Å². The van der Waals surface area contributed by atoms with Gasteiger partial charge in [-0.25, -0.2) is 0 Å². The highest BCUT2D eigenvalue weighted by Crippen LogP contribution is 2.33. The minimum Gasteiger partial charge on any atom is -0.481 e. The smallest absolute Gasteiger partial charge is 0.311 e. The average Bonchev–Trinajstić information content (AvgIpc) is 2.63. The van der Waals surface area contributed by atoms with Gasteiger partial charge in [-0.2, -0.15) is 0 Å². The molecule has 2 rings (SSSR count). The molecule has 0 aliphatic carbocycles. The first-order chi connectivity index (χ1) is 7.51. The van der Waals surface area contributed by atoms with Crippen LogP contribution >= 0.6 is 15.9 Å². The van der Waals surface area contributed by atoms with Crippen LogP contribution in [0, 0.1) is 5.41 Å². The van der Waals surface area contributed by atoms with Crippen LogP contribution in [0.5, 0.6) is 0 Å². The van der Waals surface area contributed by atoms with Crippen molar-refractivity contribution in [3.8, 4) is 0 Å². The van der Waals surface area contributed by atoms with E-state index in [1.807, 2.05) is 31.2 Å². The Morgan fingerprint density at radius 1 is 1.44 bits per heavy atom. The van der Waals surface area contributed by atoms with Gasteiger partial charge in [0.25, 0.3) is 0 Å². The molecule has 1 aromatic rings. The number of hydrogen-bond acceptors (Lipinski definition) is 2. The van der Waals surface area contributed by atoms with Crippen LogP contribution in [-0.2, 0) is 4.79 Å². The van der Waals surface area contributed by atoms with Gasteiger partial charge < -0.3 is 10.0 Å². The molecule has 86 valence electrons. The molecule has 4 heteroatoms. The fourth-order valence-corrected chi connectivity index (χ4v) is 2.27. The maximum Gasteiger partial charge on any atom is 0.311 e. The second-order valence-corrected chi connectivity index (χ2v) is 5.43. The Morgan fingerprint density at radius 2 is 2.06 bits per heavy atom. The van der Waals surface area contributed by atoms with Gasteiger partial charge in [-0.3, -0.25) is 4.79 Å². The number of halogens is 1. The van der Waals surface area contributed by atoms with Gasteiger partial charge in [-0.15, -0.1) is 0 Å². The number of carbonyl (C=O) groups is 1. The summed E-state index contributed by atoms with van der Waals surface area (Å²) < 4.78 is 1.04. The van der Waals surface area contributed by atoms with Gasteiger partial charge in [0.2, 0.25) is 0 Å². The van der Waals surface area contributed by atoms with Crippen LogP contribution in [0.1, 0.15) is 13.3 Å². The Balaban J connectivity index is 2.15. The van der Waals surface area contributed by atoms with Crippen molar-refractivity contribution in [2.24, 2.45) is 5.41 Å². The van der Waals surface area contributed by atoms with Crippen LogP contribution in [-0.4, -0.2) is 24.2 Å². The zero-order valence-corrected chi connectivity index (χ0v) is 10.7. The molecule has 0 radical (unpaired) electrons. The van der Waals surface area contributed by atoms with Gasteiger partial charge in [0, 0.05) is 23.2 Å². The largest absolute Gasteiger partial charge is 0.481 e. The van der Waals surface area contributed by atoms with Crippen LogP contribution in [0.15, 0.2) is 28.7 Å². The van der Waals surface area contributed by atoms with E-state index in [1.54, 1.807) is 0 Å². The van der Waals surface area contributed by atoms with E-state index in [0.717, 1.165) is 16.7 Å². The quantitative estimate of drug-likeness (QED) is 0.907. The standard InChI is InChI=1S/C12H14BrNO2/c1-12(11(15)16)6-7-14(8-12)10-4-2-9(13)3-5-10/h2-5H,6-8H2,1H3,(H,15,16). The Bertz CT molecular complexity index is 404. The molecule has 1 atom stereocenters. The van der Waals surface area contributed by atoms with Crippen molar-refractivity contribution in [1.29, 1.82) is 0 Å². The first kappa shape index (κ1) is 11.5. The maximum absolute atomic E-state index is 11.1. The number of carboxylic acids is 1. The molecule has 0 amide bonds. The second kappa shape index (κ2) is 4.09. The Kier molecular flexibility index (Phi) is 2.93. The van der Waals surface area contributed by atoms with Gasteiger partial charge in [-0.05, 0) is 37.6 Å². The molecule has 0 spiro atoms. The highest BCUT2D eigenvalue weighted by atomic mass is 79.9. The van der Waals surface area contributed by atoms with Crippen LogP contribution in [0.4, 0.5) is 5.69 Å². The zero-order valence-electron chi connectivity index (χ0n) is 9.11. The van der Waals surface area contributed by atoms with E-state index in [0.29, 0.717) is 13.0 Å². The molecule has 1 fully saturated rings. The van der Waals surface area contributed by atoms with E-state index in [2.05, 4.69) is 20.8 Å². The minimum atomic E-state index is -0.702. The molecular formula is C12H14BrNO2. The third kappa shape index (κ3) is 2.07. The molecule has 16 heavy (non-hydrogen) atoms. The van der Waals surface area contributed by atoms with E-state index in [4.69, 9.17) is 5.11 Å². The zero-order chi connectivity index (χ0) is 11.8. The van der Waals surface area contributed by atoms with Crippen molar-refractivity contribution in [2.75, 3.05) is 18.0 Å². The van der Waals surface area contributed by atoms with Crippen LogP contribution < -0.4 is 4.90 Å². The van der Waals surface area contributed by atoms with Crippen molar-refractivity contribution < 1.29 is 9.90 Å². The number of benzene rings is 1. The molecule has 1 heterocycles. The first-order valence-corrected chi connectivity index (χ1v) is 6.04. The number of carboxylic acid groups (broad SMARTS) is 1. The van der Waals surface area contributed by atoms with Gasteiger partial charge in [0.15, 0.2) is 0 Å². The van der Waals surface area contributed by atoms with E-state index < -0.39 is 11.4 Å². The van der Waals surface area contributed by atoms with E-state index in [-0.39, 0.29) is 0 Å². The molecule has 0 aromatic heterocycles. The SMILES string of the molecule is CC1(C(=O)O)CCN(c2ccc(Br)cc2)C1. The molecule has 0 saturated carbocycles. The summed E-state index contributed by atoms with van der Waals surface area (Å²) in [6.07, 6.45) is 0.707. The molecule has 1 aromatic carbocycles. The van der Waals surface area contributed by atoms with Crippen molar-refractivity contribution in [1.82, 2.24) is 0 Å². The molecule has 1 N–H and O–H groups in total. The predicted octanol–water partition coefficient (Wildman–Crippen LogP) is 2.75. The summed E-state index contributed by atoms with van der Waals surface area (Å²) in [4.78, 5) is 13.2. The first-order valence-electron chi connectivity index (χ1n) is 5.25. The fraction of sp³-hybridized carbons (Fsp3) is 0.417. The van der Waals surface area contributed by atoms with E-state index in [9.17, 15) is 4.79 Å². The Morgan fingerprint density at radius 3 is 2.56 bits per heavy atom. The lowest BCUT2D eigenvalue weighted by molar-refractivity contribution is -0.146. The summed E-state index contributed by atoms with van der Waals surface area (Å²) in [5.74, 6) is -0.702. The minimum absolute atomic E-state index is 0.587. The highest BCUT2D eigenvalue weighted by Gasteiger charge is 2.40. The number of rotatable bonds is 2. The molecule has 1 saturated heterocycles. The van der Waals surface area contributed by atoms with Gasteiger partial charge >= 0.3 is 5.97 Å². The van der Waals surface area contributed by atoms with Crippen LogP contribution in [0.2, 0.25) is 0 Å². The van der Waals surface area contributed by atoms with Crippen molar-refractivity contribution >= 4 is 27.6 Å². The predicted molar refractivity (Wildman–Crippen MR) is 66.7 cm³/mol. The third-order valence-corrected chi connectivity index (χ3v) is 3.71. The summed E-state index contributed by atoms with van der Waals surface area (Å²) in [6.45, 7) is 3.21. The number of anilines is 1. The number of aliphatic carboxylic acids is 1. The second-order valence-electron chi connectivity index (χ2n) is 4.51. The Hall–Kier alpha value is -1.03. The lowest BCUT2D eigenvalue weighted by Gasteiger charge is -2.21. The lowest BCUT2D eigenvalue weighted by atomic mass is 9.90. The van der Waals surface area contributed by atoms with Gasteiger partial charge in [0.1, 0.15) is 0 Å². The van der Waals surface area contributed by atoms with Crippen LogP contribution in [0.3, 0.4) is 0 Å². The summed E-state index contributed by atoms with van der Waals surface area (Å²) in [5.41, 5.74) is 0.487. The molecule has 1 aliphatic heterocycles. The fourth-order valence-electron chi connectivity index (χ4n) is 2.01. The van der Waals surface area contributed by atoms with Crippen molar-refractivity contribution in [3.05, 3.63) is 28.7 Å². The van der Waals surface area contributed by atoms with Crippen molar-refractivity contribution in [2.45, 2.75) is 13.3 Å². The molecule has 3 nitrogen and oxygen atoms in total. The summed E-state index contributed by atoms with van der Waals surface area (Å²) in [5, 5.41) is 9.15. The maximum atomic E-state index is 11.1. The summed E-state index contributed by atoms with van der Waals surface area (Å²) in [7, 11) is 0. The third-order valence-electron chi connectivity index (χ3n) is 3.18. The molecular weight excluding hydrogens is 270 g/mol. The van der Waals surface area contributed by atoms with Crippen molar-refractivity contribution in [3.63, 3.8) is 0 Å². The molecule has 0 bridgehead atoms. The summed E-state index contributed by atoms with van der Waals surface area (Å²) in [6, 6.07) is 7.98. The van der Waals surface area contributed by atoms with E-state index >= 15 is 0 Å². The van der Waals surface area contributed by atoms with Crippen LogP contribution in [0.25, 0.3) is 0 Å². The highest BCUT2D eigenvalue weighted by molar-refractivity contribution is 9.10. The average molecular weight is 284 g/mol. The lowest BCUT2D eigenvalue weighted by Crippen LogP contribution is -2.31. The van der Waals surface area contributed by atoms with Gasteiger partial charge in [0.05, 0.1) is 5.41 Å². The number of nitrogens with zero attached hydrogens (tertiary/aromatic N) is 1. The summed E-state index contributed by atoms with van der Waals surface area (Å²) >= 11 is 3.39. The number of hydrogen-bond donors (Lipinski definition) is 1. The van der Waals surface area contributed by atoms with Gasteiger partial charge in [-0.1, -0.05) is 15.9 Å². The Labute approximate surface area is 103 Å². The normalized spacial score (nSPS) is 24.8. The molecule has 1 unspecified atom stereocenters. The monoisotopic (exact) mass is 283 g/mol. The van der Waals surface area contributed by atoms with E-state index in [1.165, 1.54) is 0 Å².